The fraction of sp³-hybridized carbons (Fsp3) is 0.143. The molecule has 0 bridgehead atoms. The Labute approximate surface area is 147 Å². The fourth-order valence-corrected chi connectivity index (χ4v) is 2.50. The van der Waals surface area contributed by atoms with Crippen LogP contribution in [-0.2, 0) is 0 Å². The van der Waals surface area contributed by atoms with E-state index in [0.29, 0.717) is 11.3 Å². The third kappa shape index (κ3) is 4.23. The lowest BCUT2D eigenvalue weighted by molar-refractivity contribution is 0.102. The van der Waals surface area contributed by atoms with Crippen LogP contribution >= 0.6 is 0 Å². The molecule has 0 radical (unpaired) electrons. The van der Waals surface area contributed by atoms with Crippen molar-refractivity contribution in [3.63, 3.8) is 0 Å². The van der Waals surface area contributed by atoms with Gasteiger partial charge in [-0.05, 0) is 73.9 Å². The third-order valence-electron chi connectivity index (χ3n) is 4.08. The third-order valence-corrected chi connectivity index (χ3v) is 4.08. The van der Waals surface area contributed by atoms with Gasteiger partial charge in [0.05, 0.1) is 11.9 Å². The number of carbonyl (C=O) groups excluding carboxylic acids is 1. The van der Waals surface area contributed by atoms with E-state index < -0.39 is 0 Å². The minimum atomic E-state index is -0.135. The number of aryl methyl sites for hydroxylation is 3. The SMILES string of the molecule is Cc1cccc(Nc2ccc(NC(=O)c3ccc(C)c(C)c3)cn2)c1. The first-order valence-electron chi connectivity index (χ1n) is 8.19. The molecule has 0 fully saturated rings. The Morgan fingerprint density at radius 1 is 0.880 bits per heavy atom. The molecule has 3 rings (SSSR count). The molecule has 0 aliphatic carbocycles. The maximum absolute atomic E-state index is 12.3. The van der Waals surface area contributed by atoms with Crippen LogP contribution in [0.2, 0.25) is 0 Å². The lowest BCUT2D eigenvalue weighted by Crippen LogP contribution is -2.12. The molecular formula is C21H21N3O. The maximum atomic E-state index is 12.3. The molecule has 0 saturated heterocycles. The fourth-order valence-electron chi connectivity index (χ4n) is 2.50. The summed E-state index contributed by atoms with van der Waals surface area (Å²) in [4.78, 5) is 16.7. The predicted molar refractivity (Wildman–Crippen MR) is 103 cm³/mol. The summed E-state index contributed by atoms with van der Waals surface area (Å²) in [5.41, 5.74) is 5.75. The van der Waals surface area contributed by atoms with E-state index in [4.69, 9.17) is 0 Å². The molecule has 1 amide bonds. The first-order chi connectivity index (χ1) is 12.0. The zero-order chi connectivity index (χ0) is 17.8. The zero-order valence-electron chi connectivity index (χ0n) is 14.6. The highest BCUT2D eigenvalue weighted by atomic mass is 16.1. The summed E-state index contributed by atoms with van der Waals surface area (Å²) in [6, 6.07) is 17.4. The molecule has 126 valence electrons. The van der Waals surface area contributed by atoms with Crippen molar-refractivity contribution in [2.45, 2.75) is 20.8 Å². The van der Waals surface area contributed by atoms with Gasteiger partial charge in [-0.15, -0.1) is 0 Å². The summed E-state index contributed by atoms with van der Waals surface area (Å²) in [5, 5.41) is 6.12. The van der Waals surface area contributed by atoms with Crippen LogP contribution in [0.25, 0.3) is 0 Å². The highest BCUT2D eigenvalue weighted by Crippen LogP contribution is 2.18. The molecular weight excluding hydrogens is 310 g/mol. The van der Waals surface area contributed by atoms with E-state index >= 15 is 0 Å². The molecule has 2 N–H and O–H groups in total. The molecule has 1 heterocycles. The van der Waals surface area contributed by atoms with Crippen molar-refractivity contribution in [3.05, 3.63) is 83.0 Å². The molecule has 0 spiro atoms. The van der Waals surface area contributed by atoms with E-state index in [1.165, 1.54) is 11.1 Å². The van der Waals surface area contributed by atoms with E-state index in [9.17, 15) is 4.79 Å². The quantitative estimate of drug-likeness (QED) is 0.707. The number of hydrogen-bond acceptors (Lipinski definition) is 3. The summed E-state index contributed by atoms with van der Waals surface area (Å²) >= 11 is 0. The van der Waals surface area contributed by atoms with Crippen molar-refractivity contribution >= 4 is 23.1 Å². The average molecular weight is 331 g/mol. The van der Waals surface area contributed by atoms with Crippen LogP contribution < -0.4 is 10.6 Å². The van der Waals surface area contributed by atoms with Crippen LogP contribution in [0.4, 0.5) is 17.2 Å². The van der Waals surface area contributed by atoms with E-state index in [0.717, 1.165) is 17.1 Å². The van der Waals surface area contributed by atoms with Gasteiger partial charge in [0.1, 0.15) is 5.82 Å². The summed E-state index contributed by atoms with van der Waals surface area (Å²) in [6.45, 7) is 6.07. The van der Waals surface area contributed by atoms with E-state index in [-0.39, 0.29) is 5.91 Å². The number of nitrogens with one attached hydrogen (secondary N) is 2. The van der Waals surface area contributed by atoms with Gasteiger partial charge in [-0.2, -0.15) is 0 Å². The van der Waals surface area contributed by atoms with Crippen molar-refractivity contribution in [3.8, 4) is 0 Å². The number of benzene rings is 2. The van der Waals surface area contributed by atoms with Crippen LogP contribution in [0, 0.1) is 20.8 Å². The summed E-state index contributed by atoms with van der Waals surface area (Å²) in [6.07, 6.45) is 1.65. The van der Waals surface area contributed by atoms with Crippen LogP contribution in [0.3, 0.4) is 0 Å². The van der Waals surface area contributed by atoms with Crippen LogP contribution in [0.15, 0.2) is 60.8 Å². The van der Waals surface area contributed by atoms with E-state index in [1.54, 1.807) is 6.20 Å². The summed E-state index contributed by atoms with van der Waals surface area (Å²) in [7, 11) is 0. The summed E-state index contributed by atoms with van der Waals surface area (Å²) < 4.78 is 0. The number of carbonyl (C=O) groups is 1. The molecule has 0 atom stereocenters. The Bertz CT molecular complexity index is 901. The maximum Gasteiger partial charge on any atom is 0.255 e. The number of anilines is 3. The molecule has 0 aliphatic rings. The minimum absolute atomic E-state index is 0.135. The highest BCUT2D eigenvalue weighted by Gasteiger charge is 2.07. The molecule has 2 aromatic carbocycles. The van der Waals surface area contributed by atoms with Gasteiger partial charge in [0.2, 0.25) is 0 Å². The molecule has 1 aromatic heterocycles. The minimum Gasteiger partial charge on any atom is -0.340 e. The van der Waals surface area contributed by atoms with Gasteiger partial charge < -0.3 is 10.6 Å². The highest BCUT2D eigenvalue weighted by molar-refractivity contribution is 6.04. The Kier molecular flexibility index (Phi) is 4.80. The van der Waals surface area contributed by atoms with Gasteiger partial charge in [-0.3, -0.25) is 4.79 Å². The standard InChI is InChI=1S/C21H21N3O/c1-14-5-4-6-18(11-14)23-20-10-9-19(13-22-20)24-21(25)17-8-7-15(2)16(3)12-17/h4-13H,1-3H3,(H,22,23)(H,24,25). The molecule has 4 heteroatoms. The Balaban J connectivity index is 1.67. The van der Waals surface area contributed by atoms with Gasteiger partial charge in [-0.25, -0.2) is 4.98 Å². The van der Waals surface area contributed by atoms with Gasteiger partial charge in [0, 0.05) is 11.3 Å². The lowest BCUT2D eigenvalue weighted by Gasteiger charge is -2.09. The number of aromatic nitrogens is 1. The zero-order valence-corrected chi connectivity index (χ0v) is 14.6. The second-order valence-corrected chi connectivity index (χ2v) is 6.18. The molecule has 3 aromatic rings. The second kappa shape index (κ2) is 7.18. The first kappa shape index (κ1) is 16.7. The molecule has 0 unspecified atom stereocenters. The molecule has 0 aliphatic heterocycles. The monoisotopic (exact) mass is 331 g/mol. The van der Waals surface area contributed by atoms with Gasteiger partial charge in [-0.1, -0.05) is 18.2 Å². The number of hydrogen-bond donors (Lipinski definition) is 2. The van der Waals surface area contributed by atoms with Crippen LogP contribution in [0.1, 0.15) is 27.0 Å². The molecule has 0 saturated carbocycles. The normalized spacial score (nSPS) is 10.4. The largest absolute Gasteiger partial charge is 0.340 e. The summed E-state index contributed by atoms with van der Waals surface area (Å²) in [5.74, 6) is 0.596. The smallest absolute Gasteiger partial charge is 0.255 e. The van der Waals surface area contributed by atoms with E-state index in [1.807, 2.05) is 69.3 Å². The van der Waals surface area contributed by atoms with Gasteiger partial charge >= 0.3 is 0 Å². The Morgan fingerprint density at radius 3 is 2.40 bits per heavy atom. The van der Waals surface area contributed by atoms with Crippen LogP contribution in [-0.4, -0.2) is 10.9 Å². The lowest BCUT2D eigenvalue weighted by atomic mass is 10.1. The first-order valence-corrected chi connectivity index (χ1v) is 8.19. The number of nitrogens with zero attached hydrogens (tertiary/aromatic N) is 1. The average Bonchev–Trinajstić information content (AvgIpc) is 2.59. The van der Waals surface area contributed by atoms with Crippen molar-refractivity contribution in [1.82, 2.24) is 4.98 Å². The number of rotatable bonds is 4. The van der Waals surface area contributed by atoms with Crippen molar-refractivity contribution in [2.24, 2.45) is 0 Å². The molecule has 4 nitrogen and oxygen atoms in total. The van der Waals surface area contributed by atoms with Gasteiger partial charge in [0.25, 0.3) is 5.91 Å². The van der Waals surface area contributed by atoms with Gasteiger partial charge in [0.15, 0.2) is 0 Å². The Hall–Kier alpha value is -3.14. The van der Waals surface area contributed by atoms with Crippen LogP contribution in [0.5, 0.6) is 0 Å². The molecule has 25 heavy (non-hydrogen) atoms. The number of amides is 1. The second-order valence-electron chi connectivity index (χ2n) is 6.18. The van der Waals surface area contributed by atoms with Crippen molar-refractivity contribution in [2.75, 3.05) is 10.6 Å². The van der Waals surface area contributed by atoms with Crippen molar-refractivity contribution < 1.29 is 4.79 Å². The Morgan fingerprint density at radius 2 is 1.72 bits per heavy atom. The number of pyridine rings is 1. The van der Waals surface area contributed by atoms with E-state index in [2.05, 4.69) is 21.7 Å². The topological polar surface area (TPSA) is 54.0 Å². The predicted octanol–water partition coefficient (Wildman–Crippen LogP) is 5.00. The van der Waals surface area contributed by atoms with Crippen molar-refractivity contribution in [1.29, 1.82) is 0 Å².